The molecule has 6 nitrogen and oxygen atoms in total. The topological polar surface area (TPSA) is 65.6 Å². The van der Waals surface area contributed by atoms with Crippen LogP contribution < -0.4 is 5.69 Å². The van der Waals surface area contributed by atoms with Crippen LogP contribution in [-0.2, 0) is 0 Å². The van der Waals surface area contributed by atoms with Crippen molar-refractivity contribution in [3.05, 3.63) is 199 Å². The third kappa shape index (κ3) is 5.68. The molecule has 9 aromatic rings. The third-order valence-corrected chi connectivity index (χ3v) is 9.26. The molecule has 2 aromatic heterocycles. The van der Waals surface area contributed by atoms with E-state index in [1.165, 1.54) is 0 Å². The Morgan fingerprint density at radius 2 is 0.712 bits per heavy atom. The fourth-order valence-corrected chi connectivity index (χ4v) is 6.71. The highest BCUT2D eigenvalue weighted by molar-refractivity contribution is 5.95. The molecule has 0 aliphatic rings. The van der Waals surface area contributed by atoms with E-state index in [0.717, 1.165) is 61.4 Å². The second-order valence-electron chi connectivity index (χ2n) is 12.5. The molecule has 0 saturated heterocycles. The van der Waals surface area contributed by atoms with Crippen LogP contribution in [0.3, 0.4) is 0 Å². The second-order valence-corrected chi connectivity index (χ2v) is 12.5. The summed E-state index contributed by atoms with van der Waals surface area (Å²) in [4.78, 5) is 28.7. The van der Waals surface area contributed by atoms with Gasteiger partial charge in [-0.05, 0) is 47.0 Å². The Bertz CT molecular complexity index is 2650. The highest BCUT2D eigenvalue weighted by Crippen LogP contribution is 2.33. The van der Waals surface area contributed by atoms with Crippen LogP contribution in [0.5, 0.6) is 0 Å². The van der Waals surface area contributed by atoms with Gasteiger partial charge in [-0.25, -0.2) is 19.7 Å². The van der Waals surface area contributed by atoms with Crippen LogP contribution in [0, 0.1) is 0 Å². The first-order valence-electron chi connectivity index (χ1n) is 17.2. The predicted molar refractivity (Wildman–Crippen MR) is 209 cm³/mol. The Labute approximate surface area is 300 Å². The van der Waals surface area contributed by atoms with Crippen molar-refractivity contribution in [1.82, 2.24) is 24.1 Å². The molecule has 0 fully saturated rings. The van der Waals surface area contributed by atoms with E-state index >= 15 is 0 Å². The Morgan fingerprint density at radius 3 is 1.19 bits per heavy atom. The molecule has 9 rings (SSSR count). The van der Waals surface area contributed by atoms with Crippen LogP contribution in [0.1, 0.15) is 0 Å². The SMILES string of the molecule is O=c1n(-c2ccccc2)c2cccc(-c3ccc(-c4ccc(-c5nc(-c6ccccc6)nc(-c6ccccc6)n5)cc4)cc3)c2n1-c1ccccc1. The minimum atomic E-state index is -0.110. The van der Waals surface area contributed by atoms with Crippen LogP contribution in [0.25, 0.3) is 78.8 Å². The van der Waals surface area contributed by atoms with Crippen LogP contribution in [-0.4, -0.2) is 24.1 Å². The molecule has 0 saturated carbocycles. The van der Waals surface area contributed by atoms with Gasteiger partial charge in [-0.1, -0.05) is 158 Å². The number of aromatic nitrogens is 5. The minimum Gasteiger partial charge on any atom is -0.260 e. The molecule has 246 valence electrons. The molecule has 0 unspecified atom stereocenters. The van der Waals surface area contributed by atoms with E-state index in [2.05, 4.69) is 54.6 Å². The molecule has 0 aliphatic heterocycles. The Morgan fingerprint density at radius 1 is 0.327 bits per heavy atom. The monoisotopic (exact) mass is 669 g/mol. The molecule has 0 spiro atoms. The molecule has 2 heterocycles. The summed E-state index contributed by atoms with van der Waals surface area (Å²) in [5.74, 6) is 1.89. The summed E-state index contributed by atoms with van der Waals surface area (Å²) in [5, 5.41) is 0. The molecule has 7 aromatic carbocycles. The quantitative estimate of drug-likeness (QED) is 0.169. The first-order valence-corrected chi connectivity index (χ1v) is 17.2. The van der Waals surface area contributed by atoms with E-state index in [0.29, 0.717) is 17.5 Å². The summed E-state index contributed by atoms with van der Waals surface area (Å²) < 4.78 is 3.61. The van der Waals surface area contributed by atoms with Crippen LogP contribution in [0.15, 0.2) is 193 Å². The van der Waals surface area contributed by atoms with Gasteiger partial charge < -0.3 is 0 Å². The van der Waals surface area contributed by atoms with E-state index in [4.69, 9.17) is 15.0 Å². The summed E-state index contributed by atoms with van der Waals surface area (Å²) in [7, 11) is 0. The predicted octanol–water partition coefficient (Wildman–Crippen LogP) is 10.3. The van der Waals surface area contributed by atoms with Gasteiger partial charge in [0.15, 0.2) is 17.5 Å². The van der Waals surface area contributed by atoms with E-state index < -0.39 is 0 Å². The van der Waals surface area contributed by atoms with E-state index in [-0.39, 0.29) is 5.69 Å². The number of nitrogens with zero attached hydrogens (tertiary/aromatic N) is 5. The zero-order chi connectivity index (χ0) is 34.9. The molecular weight excluding hydrogens is 639 g/mol. The Balaban J connectivity index is 1.08. The Kier molecular flexibility index (Phi) is 7.87. The summed E-state index contributed by atoms with van der Waals surface area (Å²) >= 11 is 0. The summed E-state index contributed by atoms with van der Waals surface area (Å²) in [6.07, 6.45) is 0. The number of benzene rings is 7. The lowest BCUT2D eigenvalue weighted by Gasteiger charge is -2.11. The van der Waals surface area contributed by atoms with Crippen molar-refractivity contribution in [2.45, 2.75) is 0 Å². The van der Waals surface area contributed by atoms with Gasteiger partial charge in [-0.2, -0.15) is 0 Å². The standard InChI is InChI=1S/C46H31N5O/c52-46-50(38-18-9-3-10-19-38)41-23-13-22-40(42(41)51(46)39-20-11-4-12-21-39)34-28-24-32(25-29-34)33-26-30-37(31-27-33)45-48-43(35-14-5-1-6-15-35)47-44(49-45)36-16-7-2-8-17-36/h1-31H. The van der Waals surface area contributed by atoms with E-state index in [1.807, 2.05) is 138 Å². The van der Waals surface area contributed by atoms with Crippen molar-refractivity contribution in [2.75, 3.05) is 0 Å². The average Bonchev–Trinajstić information content (AvgIpc) is 3.53. The van der Waals surface area contributed by atoms with Gasteiger partial charge in [0.2, 0.25) is 0 Å². The molecule has 0 amide bonds. The van der Waals surface area contributed by atoms with Gasteiger partial charge in [-0.15, -0.1) is 0 Å². The maximum absolute atomic E-state index is 14.1. The van der Waals surface area contributed by atoms with Crippen molar-refractivity contribution in [3.8, 4) is 67.8 Å². The van der Waals surface area contributed by atoms with Gasteiger partial charge in [-0.3, -0.25) is 9.13 Å². The number of para-hydroxylation sites is 3. The molecular formula is C46H31N5O. The van der Waals surface area contributed by atoms with Crippen LogP contribution in [0.2, 0.25) is 0 Å². The lowest BCUT2D eigenvalue weighted by atomic mass is 9.98. The first-order chi connectivity index (χ1) is 25.7. The molecule has 6 heteroatoms. The molecule has 0 atom stereocenters. The zero-order valence-electron chi connectivity index (χ0n) is 28.0. The fraction of sp³-hybridized carbons (Fsp3) is 0. The highest BCUT2D eigenvalue weighted by Gasteiger charge is 2.20. The second kappa shape index (κ2) is 13.3. The highest BCUT2D eigenvalue weighted by atomic mass is 16.1. The lowest BCUT2D eigenvalue weighted by Crippen LogP contribution is -2.22. The maximum Gasteiger partial charge on any atom is 0.338 e. The lowest BCUT2D eigenvalue weighted by molar-refractivity contribution is 0.931. The molecule has 0 bridgehead atoms. The van der Waals surface area contributed by atoms with Crippen LogP contribution in [0.4, 0.5) is 0 Å². The van der Waals surface area contributed by atoms with Gasteiger partial charge in [0.1, 0.15) is 0 Å². The van der Waals surface area contributed by atoms with Gasteiger partial charge in [0.25, 0.3) is 0 Å². The minimum absolute atomic E-state index is 0.110. The maximum atomic E-state index is 14.1. The van der Waals surface area contributed by atoms with Crippen LogP contribution >= 0.6 is 0 Å². The van der Waals surface area contributed by atoms with Gasteiger partial charge >= 0.3 is 5.69 Å². The van der Waals surface area contributed by atoms with E-state index in [9.17, 15) is 4.79 Å². The summed E-state index contributed by atoms with van der Waals surface area (Å²) in [6.45, 7) is 0. The first kappa shape index (κ1) is 30.8. The van der Waals surface area contributed by atoms with Crippen molar-refractivity contribution >= 4 is 11.0 Å². The number of hydrogen-bond donors (Lipinski definition) is 0. The molecule has 0 N–H and O–H groups in total. The van der Waals surface area contributed by atoms with Crippen molar-refractivity contribution in [2.24, 2.45) is 0 Å². The molecule has 0 aliphatic carbocycles. The zero-order valence-corrected chi connectivity index (χ0v) is 28.0. The third-order valence-electron chi connectivity index (χ3n) is 9.26. The van der Waals surface area contributed by atoms with Crippen molar-refractivity contribution in [3.63, 3.8) is 0 Å². The van der Waals surface area contributed by atoms with E-state index in [1.54, 1.807) is 4.57 Å². The summed E-state index contributed by atoms with van der Waals surface area (Å²) in [5.41, 5.74) is 10.2. The number of hydrogen-bond acceptors (Lipinski definition) is 4. The summed E-state index contributed by atoms with van der Waals surface area (Å²) in [6, 6.07) is 62.6. The smallest absolute Gasteiger partial charge is 0.260 e. The largest absolute Gasteiger partial charge is 0.338 e. The normalized spacial score (nSPS) is 11.2. The number of rotatable bonds is 7. The number of imidazole rings is 1. The molecule has 52 heavy (non-hydrogen) atoms. The Hall–Kier alpha value is -7.18. The van der Waals surface area contributed by atoms with Crippen molar-refractivity contribution in [1.29, 1.82) is 0 Å². The number of fused-ring (bicyclic) bond motifs is 1. The average molecular weight is 670 g/mol. The van der Waals surface area contributed by atoms with Gasteiger partial charge in [0.05, 0.1) is 22.4 Å². The van der Waals surface area contributed by atoms with Crippen molar-refractivity contribution < 1.29 is 0 Å². The molecule has 0 radical (unpaired) electrons. The fourth-order valence-electron chi connectivity index (χ4n) is 6.71. The van der Waals surface area contributed by atoms with Gasteiger partial charge in [0, 0.05) is 22.3 Å².